The molecule has 0 aliphatic heterocycles. The fraction of sp³-hybridized carbons (Fsp3) is 0.481. The first-order chi connectivity index (χ1) is 16.6. The van der Waals surface area contributed by atoms with Crippen LogP contribution in [0.1, 0.15) is 55.7 Å². The largest absolute Gasteiger partial charge is 0.352 e. The van der Waals surface area contributed by atoms with Gasteiger partial charge < -0.3 is 10.2 Å². The van der Waals surface area contributed by atoms with Crippen LogP contribution in [-0.2, 0) is 26.2 Å². The number of hydrogen-bond donors (Lipinski definition) is 1. The number of benzene rings is 2. The molecule has 1 aliphatic carbocycles. The molecule has 0 spiro atoms. The van der Waals surface area contributed by atoms with Crippen LogP contribution in [-0.4, -0.2) is 50.0 Å². The van der Waals surface area contributed by atoms with Crippen molar-refractivity contribution in [3.63, 3.8) is 0 Å². The molecule has 2 aromatic rings. The van der Waals surface area contributed by atoms with Gasteiger partial charge in [-0.3, -0.25) is 13.9 Å². The maximum absolute atomic E-state index is 13.8. The molecule has 0 bridgehead atoms. The quantitative estimate of drug-likeness (QED) is 0.537. The SMILES string of the molecule is CC[C@@H](C(=O)NC1CCCC1)N(Cc1ccccc1C)C(=O)CN(c1ccccc1C)S(C)(=O)=O. The van der Waals surface area contributed by atoms with E-state index in [0.717, 1.165) is 52.9 Å². The van der Waals surface area contributed by atoms with Crippen LogP contribution in [0.4, 0.5) is 5.69 Å². The number of amides is 2. The third-order valence-electron chi connectivity index (χ3n) is 6.75. The minimum atomic E-state index is -3.74. The molecule has 1 N–H and O–H groups in total. The van der Waals surface area contributed by atoms with Crippen LogP contribution in [0.2, 0.25) is 0 Å². The van der Waals surface area contributed by atoms with Crippen LogP contribution in [0, 0.1) is 13.8 Å². The number of nitrogens with zero attached hydrogens (tertiary/aromatic N) is 2. The summed E-state index contributed by atoms with van der Waals surface area (Å²) in [6.07, 6.45) is 5.61. The first-order valence-corrected chi connectivity index (χ1v) is 14.1. The number of rotatable bonds is 10. The molecule has 0 unspecified atom stereocenters. The molecular weight excluding hydrogens is 462 g/mol. The Morgan fingerprint density at radius 3 is 2.17 bits per heavy atom. The summed E-state index contributed by atoms with van der Waals surface area (Å²) in [4.78, 5) is 28.6. The second kappa shape index (κ2) is 11.7. The molecule has 2 amide bonds. The Morgan fingerprint density at radius 2 is 1.60 bits per heavy atom. The van der Waals surface area contributed by atoms with E-state index in [2.05, 4.69) is 5.32 Å². The minimum absolute atomic E-state index is 0.131. The summed E-state index contributed by atoms with van der Waals surface area (Å²) in [5, 5.41) is 3.13. The predicted molar refractivity (Wildman–Crippen MR) is 140 cm³/mol. The Labute approximate surface area is 209 Å². The van der Waals surface area contributed by atoms with Crippen molar-refractivity contribution in [3.05, 3.63) is 65.2 Å². The molecule has 1 atom stereocenters. The summed E-state index contributed by atoms with van der Waals surface area (Å²) in [6.45, 7) is 5.52. The molecule has 0 heterocycles. The molecule has 8 heteroatoms. The van der Waals surface area contributed by atoms with E-state index in [0.29, 0.717) is 12.1 Å². The maximum atomic E-state index is 13.8. The van der Waals surface area contributed by atoms with Gasteiger partial charge in [-0.15, -0.1) is 0 Å². The van der Waals surface area contributed by atoms with Crippen LogP contribution in [0.25, 0.3) is 0 Å². The summed E-state index contributed by atoms with van der Waals surface area (Å²) >= 11 is 0. The van der Waals surface area contributed by atoms with Gasteiger partial charge in [0.05, 0.1) is 11.9 Å². The maximum Gasteiger partial charge on any atom is 0.244 e. The van der Waals surface area contributed by atoms with E-state index in [4.69, 9.17) is 0 Å². The van der Waals surface area contributed by atoms with Crippen LogP contribution in [0.3, 0.4) is 0 Å². The van der Waals surface area contributed by atoms with Crippen molar-refractivity contribution in [2.75, 3.05) is 17.1 Å². The van der Waals surface area contributed by atoms with Gasteiger partial charge in [-0.1, -0.05) is 62.2 Å². The fourth-order valence-corrected chi connectivity index (χ4v) is 5.60. The predicted octanol–water partition coefficient (Wildman–Crippen LogP) is 3.94. The summed E-state index contributed by atoms with van der Waals surface area (Å²) < 4.78 is 26.6. The van der Waals surface area contributed by atoms with Gasteiger partial charge in [0, 0.05) is 12.6 Å². The Kier molecular flexibility index (Phi) is 8.94. The Morgan fingerprint density at radius 1 is 1.00 bits per heavy atom. The zero-order valence-electron chi connectivity index (χ0n) is 21.2. The van der Waals surface area contributed by atoms with E-state index in [1.54, 1.807) is 17.0 Å². The normalized spacial score (nSPS) is 15.0. The lowest BCUT2D eigenvalue weighted by Crippen LogP contribution is -2.53. The molecule has 35 heavy (non-hydrogen) atoms. The number of anilines is 1. The molecule has 0 aromatic heterocycles. The van der Waals surface area contributed by atoms with E-state index >= 15 is 0 Å². The van der Waals surface area contributed by atoms with Gasteiger partial charge >= 0.3 is 0 Å². The number of hydrogen-bond acceptors (Lipinski definition) is 4. The van der Waals surface area contributed by atoms with Crippen molar-refractivity contribution < 1.29 is 18.0 Å². The molecule has 3 rings (SSSR count). The first-order valence-electron chi connectivity index (χ1n) is 12.3. The summed E-state index contributed by atoms with van der Waals surface area (Å²) in [7, 11) is -3.74. The highest BCUT2D eigenvalue weighted by Crippen LogP contribution is 2.24. The molecule has 190 valence electrons. The number of aryl methyl sites for hydroxylation is 2. The van der Waals surface area contributed by atoms with Crippen molar-refractivity contribution >= 4 is 27.5 Å². The first kappa shape index (κ1) is 26.7. The molecule has 2 aromatic carbocycles. The van der Waals surface area contributed by atoms with Gasteiger partial charge in [-0.05, 0) is 55.9 Å². The van der Waals surface area contributed by atoms with Gasteiger partial charge in [0.2, 0.25) is 21.8 Å². The smallest absolute Gasteiger partial charge is 0.244 e. The number of sulfonamides is 1. The van der Waals surface area contributed by atoms with Crippen molar-refractivity contribution in [2.24, 2.45) is 0 Å². The summed E-state index contributed by atoms with van der Waals surface area (Å²) in [5.41, 5.74) is 3.15. The molecular formula is C27H37N3O4S. The number of para-hydroxylation sites is 1. The topological polar surface area (TPSA) is 86.8 Å². The van der Waals surface area contributed by atoms with Gasteiger partial charge in [-0.25, -0.2) is 8.42 Å². The Balaban J connectivity index is 1.94. The number of carbonyl (C=O) groups excluding carboxylic acids is 2. The third-order valence-corrected chi connectivity index (χ3v) is 7.88. The van der Waals surface area contributed by atoms with Crippen LogP contribution in [0.15, 0.2) is 48.5 Å². The Bertz CT molecular complexity index is 1140. The monoisotopic (exact) mass is 499 g/mol. The highest BCUT2D eigenvalue weighted by molar-refractivity contribution is 7.92. The summed E-state index contributed by atoms with van der Waals surface area (Å²) in [6, 6.07) is 14.3. The van der Waals surface area contributed by atoms with E-state index in [1.807, 2.05) is 57.2 Å². The van der Waals surface area contributed by atoms with Gasteiger partial charge in [0.15, 0.2) is 0 Å². The lowest BCUT2D eigenvalue weighted by molar-refractivity contribution is -0.140. The fourth-order valence-electron chi connectivity index (χ4n) is 4.70. The van der Waals surface area contributed by atoms with Gasteiger partial charge in [0.25, 0.3) is 0 Å². The highest BCUT2D eigenvalue weighted by Gasteiger charge is 2.33. The Hall–Kier alpha value is -2.87. The van der Waals surface area contributed by atoms with Crippen molar-refractivity contribution in [3.8, 4) is 0 Å². The molecule has 7 nitrogen and oxygen atoms in total. The van der Waals surface area contributed by atoms with Crippen molar-refractivity contribution in [1.29, 1.82) is 0 Å². The van der Waals surface area contributed by atoms with Gasteiger partial charge in [0.1, 0.15) is 12.6 Å². The minimum Gasteiger partial charge on any atom is -0.352 e. The number of nitrogens with one attached hydrogen (secondary N) is 1. The second-order valence-electron chi connectivity index (χ2n) is 9.42. The van der Waals surface area contributed by atoms with E-state index in [1.165, 1.54) is 0 Å². The van der Waals surface area contributed by atoms with Crippen LogP contribution < -0.4 is 9.62 Å². The third kappa shape index (κ3) is 6.84. The van der Waals surface area contributed by atoms with E-state index in [9.17, 15) is 18.0 Å². The average molecular weight is 500 g/mol. The van der Waals surface area contributed by atoms with Crippen molar-refractivity contribution in [1.82, 2.24) is 10.2 Å². The zero-order valence-corrected chi connectivity index (χ0v) is 22.0. The molecule has 1 aliphatic rings. The molecule has 0 radical (unpaired) electrons. The molecule has 1 saturated carbocycles. The van der Waals surface area contributed by atoms with E-state index in [-0.39, 0.29) is 25.0 Å². The lowest BCUT2D eigenvalue weighted by Gasteiger charge is -2.34. The van der Waals surface area contributed by atoms with Crippen LogP contribution in [0.5, 0.6) is 0 Å². The average Bonchev–Trinajstić information content (AvgIpc) is 3.31. The van der Waals surface area contributed by atoms with Crippen LogP contribution >= 0.6 is 0 Å². The number of carbonyl (C=O) groups is 2. The molecule has 0 saturated heterocycles. The lowest BCUT2D eigenvalue weighted by atomic mass is 10.1. The van der Waals surface area contributed by atoms with Crippen molar-refractivity contribution in [2.45, 2.75) is 71.5 Å². The zero-order chi connectivity index (χ0) is 25.6. The standard InChI is InChI=1S/C27H37N3O4S/c1-5-24(27(32)28-23-15-9-10-16-23)29(18-22-14-8-6-12-20(22)2)26(31)19-30(35(4,33)34)25-17-11-7-13-21(25)3/h6-8,11-14,17,23-24H,5,9-10,15-16,18-19H2,1-4H3,(H,28,32)/t24-/m0/s1. The van der Waals surface area contributed by atoms with Gasteiger partial charge in [-0.2, -0.15) is 0 Å². The summed E-state index contributed by atoms with van der Waals surface area (Å²) in [5.74, 6) is -0.585. The molecule has 1 fully saturated rings. The second-order valence-corrected chi connectivity index (χ2v) is 11.3. The van der Waals surface area contributed by atoms with E-state index < -0.39 is 22.0 Å². The highest BCUT2D eigenvalue weighted by atomic mass is 32.2.